The maximum absolute atomic E-state index is 13.3. The molecule has 0 spiro atoms. The molecule has 0 aliphatic carbocycles. The fraction of sp³-hybridized carbons (Fsp3) is 0.150. The van der Waals surface area contributed by atoms with E-state index in [9.17, 15) is 9.18 Å². The van der Waals surface area contributed by atoms with Crippen LogP contribution in [0.25, 0.3) is 11.3 Å². The predicted molar refractivity (Wildman–Crippen MR) is 107 cm³/mol. The third-order valence-corrected chi connectivity index (χ3v) is 5.01. The van der Waals surface area contributed by atoms with Crippen LogP contribution in [0.4, 0.5) is 4.39 Å². The number of amides is 1. The van der Waals surface area contributed by atoms with Crippen molar-refractivity contribution >= 4 is 23.5 Å². The van der Waals surface area contributed by atoms with Gasteiger partial charge in [-0.05, 0) is 53.6 Å². The van der Waals surface area contributed by atoms with Crippen LogP contribution in [0.1, 0.15) is 16.8 Å². The van der Waals surface area contributed by atoms with E-state index in [-0.39, 0.29) is 17.6 Å². The Labute approximate surface area is 171 Å². The zero-order valence-electron chi connectivity index (χ0n) is 15.4. The fourth-order valence-electron chi connectivity index (χ4n) is 3.36. The van der Waals surface area contributed by atoms with Crippen molar-refractivity contribution in [3.05, 3.63) is 76.7 Å². The smallest absolute Gasteiger partial charge is 0.266 e. The zero-order chi connectivity index (χ0) is 20.6. The van der Waals surface area contributed by atoms with Gasteiger partial charge in [-0.3, -0.25) is 14.7 Å². The molecule has 3 aromatic rings. The molecule has 9 heteroatoms. The van der Waals surface area contributed by atoms with Gasteiger partial charge in [-0.2, -0.15) is 10.2 Å². The standard InChI is InChI=1S/C20H16ClFN6O/c1-28-18(29)20(26-19(28)23,13-4-6-24-16(10-13)11-22)14-7-12(8-15(21)9-14)17-3-2-5-25-27-17/h2-10H,11H2,1H3,(H2,23,26). The fourth-order valence-corrected chi connectivity index (χ4v) is 3.60. The lowest BCUT2D eigenvalue weighted by atomic mass is 9.82. The van der Waals surface area contributed by atoms with E-state index in [2.05, 4.69) is 20.2 Å². The molecule has 0 fully saturated rings. The summed E-state index contributed by atoms with van der Waals surface area (Å²) in [5, 5.41) is 8.38. The molecule has 1 amide bonds. The SMILES string of the molecule is CN1C(=O)C(c2cc(Cl)cc(-c3cccnn3)c2)(c2ccnc(CF)c2)N=C1N. The molecule has 1 aliphatic heterocycles. The largest absolute Gasteiger partial charge is 0.369 e. The highest BCUT2D eigenvalue weighted by atomic mass is 35.5. The second kappa shape index (κ2) is 7.21. The first kappa shape index (κ1) is 18.9. The second-order valence-electron chi connectivity index (χ2n) is 6.55. The lowest BCUT2D eigenvalue weighted by molar-refractivity contribution is -0.129. The lowest BCUT2D eigenvalue weighted by Gasteiger charge is -2.27. The van der Waals surface area contributed by atoms with Gasteiger partial charge in [-0.25, -0.2) is 9.38 Å². The van der Waals surface area contributed by atoms with Crippen LogP contribution in [0.15, 0.2) is 59.9 Å². The third-order valence-electron chi connectivity index (χ3n) is 4.79. The van der Waals surface area contributed by atoms with Gasteiger partial charge in [0.05, 0.1) is 11.4 Å². The highest BCUT2D eigenvalue weighted by Crippen LogP contribution is 2.41. The van der Waals surface area contributed by atoms with E-state index in [1.807, 2.05) is 0 Å². The van der Waals surface area contributed by atoms with Gasteiger partial charge in [-0.15, -0.1) is 0 Å². The number of aliphatic imine (C=N–C) groups is 1. The number of aromatic nitrogens is 3. The van der Waals surface area contributed by atoms with E-state index in [4.69, 9.17) is 17.3 Å². The highest BCUT2D eigenvalue weighted by molar-refractivity contribution is 6.31. The average Bonchev–Trinajstić information content (AvgIpc) is 2.99. The molecule has 0 bridgehead atoms. The Kier molecular flexibility index (Phi) is 4.71. The summed E-state index contributed by atoms with van der Waals surface area (Å²) in [4.78, 5) is 23.1. The summed E-state index contributed by atoms with van der Waals surface area (Å²) in [6.07, 6.45) is 3.00. The summed E-state index contributed by atoms with van der Waals surface area (Å²) >= 11 is 6.38. The predicted octanol–water partition coefficient (Wildman–Crippen LogP) is 2.69. The first-order chi connectivity index (χ1) is 14.0. The zero-order valence-corrected chi connectivity index (χ0v) is 16.1. The maximum atomic E-state index is 13.3. The van der Waals surface area contributed by atoms with Crippen molar-refractivity contribution in [3.8, 4) is 11.3 Å². The van der Waals surface area contributed by atoms with E-state index in [1.54, 1.807) is 42.6 Å². The van der Waals surface area contributed by atoms with Crippen LogP contribution in [0.5, 0.6) is 0 Å². The van der Waals surface area contributed by atoms with Crippen LogP contribution in [0.3, 0.4) is 0 Å². The van der Waals surface area contributed by atoms with Crippen LogP contribution in [-0.2, 0) is 17.0 Å². The summed E-state index contributed by atoms with van der Waals surface area (Å²) in [6.45, 7) is -0.770. The minimum atomic E-state index is -1.51. The van der Waals surface area contributed by atoms with Crippen LogP contribution >= 0.6 is 11.6 Å². The number of pyridine rings is 1. The second-order valence-corrected chi connectivity index (χ2v) is 6.99. The van der Waals surface area contributed by atoms with Crippen LogP contribution in [0.2, 0.25) is 5.02 Å². The minimum Gasteiger partial charge on any atom is -0.369 e. The van der Waals surface area contributed by atoms with Crippen molar-refractivity contribution in [2.75, 3.05) is 7.05 Å². The van der Waals surface area contributed by atoms with Crippen LogP contribution in [0, 0.1) is 0 Å². The lowest BCUT2D eigenvalue weighted by Crippen LogP contribution is -2.41. The molecule has 0 saturated carbocycles. The van der Waals surface area contributed by atoms with Crippen molar-refractivity contribution in [3.63, 3.8) is 0 Å². The van der Waals surface area contributed by atoms with Crippen molar-refractivity contribution < 1.29 is 9.18 Å². The molecular formula is C20H16ClFN6O. The summed E-state index contributed by atoms with van der Waals surface area (Å²) in [5.74, 6) is -0.326. The van der Waals surface area contributed by atoms with Crippen LogP contribution < -0.4 is 5.73 Å². The molecule has 29 heavy (non-hydrogen) atoms. The summed E-state index contributed by atoms with van der Waals surface area (Å²) in [5.41, 5.74) is 6.85. The maximum Gasteiger partial charge on any atom is 0.266 e. The summed E-state index contributed by atoms with van der Waals surface area (Å²) < 4.78 is 13.3. The molecule has 0 radical (unpaired) electrons. The Morgan fingerprint density at radius 3 is 2.66 bits per heavy atom. The molecule has 4 rings (SSSR count). The van der Waals surface area contributed by atoms with Gasteiger partial charge < -0.3 is 5.73 Å². The number of hydrogen-bond donors (Lipinski definition) is 1. The van der Waals surface area contributed by atoms with E-state index in [1.165, 1.54) is 24.2 Å². The van der Waals surface area contributed by atoms with Gasteiger partial charge in [0.1, 0.15) is 6.67 Å². The number of likely N-dealkylation sites (N-methyl/N-ethyl adjacent to an activating group) is 1. The number of guanidine groups is 1. The van der Waals surface area contributed by atoms with Gasteiger partial charge in [0, 0.05) is 30.0 Å². The van der Waals surface area contributed by atoms with Gasteiger partial charge >= 0.3 is 0 Å². The van der Waals surface area contributed by atoms with Gasteiger partial charge in [0.15, 0.2) is 11.5 Å². The van der Waals surface area contributed by atoms with Crippen molar-refractivity contribution in [1.29, 1.82) is 0 Å². The highest BCUT2D eigenvalue weighted by Gasteiger charge is 2.50. The third kappa shape index (κ3) is 3.11. The van der Waals surface area contributed by atoms with Crippen molar-refractivity contribution in [2.24, 2.45) is 10.7 Å². The number of alkyl halides is 1. The number of nitrogens with two attached hydrogens (primary N) is 1. The van der Waals surface area contributed by atoms with Crippen molar-refractivity contribution in [1.82, 2.24) is 20.1 Å². The van der Waals surface area contributed by atoms with Gasteiger partial charge in [0.25, 0.3) is 5.91 Å². The Balaban J connectivity index is 1.99. The number of hydrogen-bond acceptors (Lipinski definition) is 6. The molecule has 1 unspecified atom stereocenters. The number of benzene rings is 1. The number of carbonyl (C=O) groups excluding carboxylic acids is 1. The van der Waals surface area contributed by atoms with E-state index in [0.29, 0.717) is 27.4 Å². The first-order valence-corrected chi connectivity index (χ1v) is 9.07. The molecule has 1 aromatic carbocycles. The molecular weight excluding hydrogens is 395 g/mol. The number of nitrogens with zero attached hydrogens (tertiary/aromatic N) is 5. The molecule has 1 aliphatic rings. The number of rotatable bonds is 4. The van der Waals surface area contributed by atoms with Gasteiger partial charge in [0.2, 0.25) is 0 Å². The molecule has 7 nitrogen and oxygen atoms in total. The molecule has 1 atom stereocenters. The normalized spacial score (nSPS) is 18.8. The Bertz CT molecular complexity index is 1120. The Morgan fingerprint density at radius 1 is 1.17 bits per heavy atom. The Morgan fingerprint density at radius 2 is 2.00 bits per heavy atom. The number of carbonyl (C=O) groups is 1. The van der Waals surface area contributed by atoms with E-state index in [0.717, 1.165) is 0 Å². The summed E-state index contributed by atoms with van der Waals surface area (Å²) in [6, 6.07) is 11.8. The van der Waals surface area contributed by atoms with E-state index < -0.39 is 12.2 Å². The molecule has 2 N–H and O–H groups in total. The van der Waals surface area contributed by atoms with Gasteiger partial charge in [-0.1, -0.05) is 11.6 Å². The summed E-state index contributed by atoms with van der Waals surface area (Å²) in [7, 11) is 1.54. The number of halogens is 2. The molecule has 2 aromatic heterocycles. The topological polar surface area (TPSA) is 97.4 Å². The average molecular weight is 411 g/mol. The quantitative estimate of drug-likeness (QED) is 0.713. The molecule has 146 valence electrons. The first-order valence-electron chi connectivity index (χ1n) is 8.69. The monoisotopic (exact) mass is 410 g/mol. The Hall–Kier alpha value is -3.39. The minimum absolute atomic E-state index is 0.0506. The molecule has 3 heterocycles. The molecule has 0 saturated heterocycles. The van der Waals surface area contributed by atoms with E-state index >= 15 is 0 Å². The van der Waals surface area contributed by atoms with Crippen molar-refractivity contribution in [2.45, 2.75) is 12.2 Å². The van der Waals surface area contributed by atoms with Crippen LogP contribution in [-0.4, -0.2) is 39.0 Å².